The van der Waals surface area contributed by atoms with Crippen LogP contribution in [0.2, 0.25) is 10.0 Å². The number of amides is 1. The van der Waals surface area contributed by atoms with Crippen molar-refractivity contribution in [2.75, 3.05) is 12.3 Å². The summed E-state index contributed by atoms with van der Waals surface area (Å²) in [4.78, 5) is 14.6. The second-order valence-electron chi connectivity index (χ2n) is 4.90. The summed E-state index contributed by atoms with van der Waals surface area (Å²) in [5.41, 5.74) is 1.60. The fraction of sp³-hybridized carbons (Fsp3) is 0.188. The van der Waals surface area contributed by atoms with Gasteiger partial charge in [0.25, 0.3) is 5.91 Å². The highest BCUT2D eigenvalue weighted by atomic mass is 79.9. The Balaban J connectivity index is 1.91. The van der Waals surface area contributed by atoms with Gasteiger partial charge in [-0.2, -0.15) is 0 Å². The van der Waals surface area contributed by atoms with Crippen molar-refractivity contribution < 1.29 is 4.79 Å². The van der Waals surface area contributed by atoms with Crippen LogP contribution in [0.25, 0.3) is 0 Å². The highest BCUT2D eigenvalue weighted by Crippen LogP contribution is 2.42. The second kappa shape index (κ2) is 6.83. The lowest BCUT2D eigenvalue weighted by molar-refractivity contribution is 0.0760. The number of nitrogens with zero attached hydrogens (tertiary/aromatic N) is 1. The molecule has 0 spiro atoms. The van der Waals surface area contributed by atoms with Crippen molar-refractivity contribution in [3.63, 3.8) is 0 Å². The molecule has 1 fully saturated rings. The first-order valence-corrected chi connectivity index (χ1v) is 9.29. The van der Waals surface area contributed by atoms with Crippen molar-refractivity contribution in [1.82, 2.24) is 4.90 Å². The van der Waals surface area contributed by atoms with E-state index in [1.165, 1.54) is 0 Å². The molecule has 0 N–H and O–H groups in total. The number of hydrogen-bond acceptors (Lipinski definition) is 2. The highest BCUT2D eigenvalue weighted by molar-refractivity contribution is 9.10. The van der Waals surface area contributed by atoms with E-state index in [1.807, 2.05) is 41.3 Å². The Hall–Kier alpha value is -0.680. The minimum absolute atomic E-state index is 0.0160. The number of hydrogen-bond donors (Lipinski definition) is 0. The predicted octanol–water partition coefficient (Wildman–Crippen LogP) is 5.64. The van der Waals surface area contributed by atoms with Crippen LogP contribution in [0, 0.1) is 0 Å². The Morgan fingerprint density at radius 2 is 2.05 bits per heavy atom. The third-order valence-electron chi connectivity index (χ3n) is 3.45. The maximum Gasteiger partial charge on any atom is 0.255 e. The van der Waals surface area contributed by atoms with Crippen LogP contribution in [0.1, 0.15) is 21.3 Å². The standard InChI is InChI=1S/C16H12BrCl2NOS/c17-11-3-1-2-10(8-11)15(21)20-6-7-22-16(20)13-5-4-12(18)9-14(13)19/h1-5,8-9,16H,6-7H2. The van der Waals surface area contributed by atoms with E-state index >= 15 is 0 Å². The number of benzene rings is 2. The molecule has 0 radical (unpaired) electrons. The summed E-state index contributed by atoms with van der Waals surface area (Å²) < 4.78 is 0.895. The molecular formula is C16H12BrCl2NOS. The third kappa shape index (κ3) is 3.30. The van der Waals surface area contributed by atoms with Crippen LogP contribution >= 0.6 is 50.9 Å². The quantitative estimate of drug-likeness (QED) is 0.630. The lowest BCUT2D eigenvalue weighted by atomic mass is 10.1. The SMILES string of the molecule is O=C(c1cccc(Br)c1)N1CCSC1c1ccc(Cl)cc1Cl. The van der Waals surface area contributed by atoms with Gasteiger partial charge < -0.3 is 4.90 Å². The molecule has 1 amide bonds. The first-order chi connectivity index (χ1) is 10.6. The van der Waals surface area contributed by atoms with Crippen molar-refractivity contribution in [2.45, 2.75) is 5.37 Å². The monoisotopic (exact) mass is 415 g/mol. The van der Waals surface area contributed by atoms with Crippen LogP contribution in [-0.2, 0) is 0 Å². The van der Waals surface area contributed by atoms with E-state index in [9.17, 15) is 4.79 Å². The molecule has 1 heterocycles. The molecular weight excluding hydrogens is 405 g/mol. The predicted molar refractivity (Wildman–Crippen MR) is 96.8 cm³/mol. The molecule has 2 aromatic carbocycles. The summed E-state index contributed by atoms with van der Waals surface area (Å²) in [6, 6.07) is 12.9. The number of carbonyl (C=O) groups excluding carboxylic acids is 1. The molecule has 3 rings (SSSR count). The van der Waals surface area contributed by atoms with E-state index in [2.05, 4.69) is 15.9 Å². The van der Waals surface area contributed by atoms with Gasteiger partial charge in [0.1, 0.15) is 5.37 Å². The lowest BCUT2D eigenvalue weighted by Crippen LogP contribution is -2.30. The normalized spacial score (nSPS) is 17.8. The van der Waals surface area contributed by atoms with Gasteiger partial charge in [0.05, 0.1) is 0 Å². The molecule has 1 unspecified atom stereocenters. The van der Waals surface area contributed by atoms with E-state index in [-0.39, 0.29) is 11.3 Å². The van der Waals surface area contributed by atoms with Crippen LogP contribution in [0.5, 0.6) is 0 Å². The summed E-state index contributed by atoms with van der Waals surface area (Å²) >= 11 is 17.4. The first kappa shape index (κ1) is 16.2. The summed E-state index contributed by atoms with van der Waals surface area (Å²) in [5.74, 6) is 0.908. The summed E-state index contributed by atoms with van der Waals surface area (Å²) in [6.45, 7) is 0.708. The van der Waals surface area contributed by atoms with Gasteiger partial charge in [0, 0.05) is 37.9 Å². The number of thioether (sulfide) groups is 1. The first-order valence-electron chi connectivity index (χ1n) is 6.69. The lowest BCUT2D eigenvalue weighted by Gasteiger charge is -2.25. The molecule has 0 aliphatic carbocycles. The molecule has 0 aromatic heterocycles. The van der Waals surface area contributed by atoms with E-state index < -0.39 is 0 Å². The zero-order chi connectivity index (χ0) is 15.7. The third-order valence-corrected chi connectivity index (χ3v) is 5.75. The molecule has 1 atom stereocenters. The smallest absolute Gasteiger partial charge is 0.255 e. The van der Waals surface area contributed by atoms with Gasteiger partial charge in [-0.15, -0.1) is 11.8 Å². The Labute approximate surface area is 151 Å². The highest BCUT2D eigenvalue weighted by Gasteiger charge is 2.32. The fourth-order valence-electron chi connectivity index (χ4n) is 2.42. The van der Waals surface area contributed by atoms with Gasteiger partial charge in [0.15, 0.2) is 0 Å². The van der Waals surface area contributed by atoms with Crippen molar-refractivity contribution in [3.05, 3.63) is 68.1 Å². The summed E-state index contributed by atoms with van der Waals surface area (Å²) in [6.07, 6.45) is 0. The number of halogens is 3. The average molecular weight is 417 g/mol. The Morgan fingerprint density at radius 3 is 2.77 bits per heavy atom. The van der Waals surface area contributed by atoms with Crippen LogP contribution in [-0.4, -0.2) is 23.1 Å². The Bertz CT molecular complexity index is 725. The second-order valence-corrected chi connectivity index (χ2v) is 7.85. The molecule has 6 heteroatoms. The number of rotatable bonds is 2. The zero-order valence-electron chi connectivity index (χ0n) is 11.4. The molecule has 22 heavy (non-hydrogen) atoms. The van der Waals surface area contributed by atoms with Gasteiger partial charge in [-0.05, 0) is 30.3 Å². The Kier molecular flexibility index (Phi) is 5.03. The molecule has 1 aliphatic rings. The molecule has 2 aromatic rings. The van der Waals surface area contributed by atoms with Gasteiger partial charge in [0.2, 0.25) is 0 Å². The van der Waals surface area contributed by atoms with E-state index in [4.69, 9.17) is 23.2 Å². The molecule has 114 valence electrons. The van der Waals surface area contributed by atoms with Crippen LogP contribution < -0.4 is 0 Å². The van der Waals surface area contributed by atoms with Crippen LogP contribution in [0.3, 0.4) is 0 Å². The van der Waals surface area contributed by atoms with Gasteiger partial charge in [-0.3, -0.25) is 4.79 Å². The van der Waals surface area contributed by atoms with Gasteiger partial charge >= 0.3 is 0 Å². The maximum absolute atomic E-state index is 12.8. The molecule has 0 bridgehead atoms. The minimum Gasteiger partial charge on any atom is -0.322 e. The van der Waals surface area contributed by atoms with Crippen molar-refractivity contribution in [2.24, 2.45) is 0 Å². The van der Waals surface area contributed by atoms with E-state index in [0.29, 0.717) is 22.2 Å². The van der Waals surface area contributed by atoms with Crippen molar-refractivity contribution in [1.29, 1.82) is 0 Å². The average Bonchev–Trinajstić information content (AvgIpc) is 2.95. The fourth-order valence-corrected chi connectivity index (χ4v) is 4.69. The zero-order valence-corrected chi connectivity index (χ0v) is 15.3. The van der Waals surface area contributed by atoms with Crippen molar-refractivity contribution >= 4 is 56.8 Å². The van der Waals surface area contributed by atoms with Gasteiger partial charge in [-0.1, -0.05) is 51.3 Å². The molecule has 2 nitrogen and oxygen atoms in total. The molecule has 1 saturated heterocycles. The summed E-state index contributed by atoms with van der Waals surface area (Å²) in [5, 5.41) is 1.12. The summed E-state index contributed by atoms with van der Waals surface area (Å²) in [7, 11) is 0. The topological polar surface area (TPSA) is 20.3 Å². The van der Waals surface area contributed by atoms with Crippen LogP contribution in [0.4, 0.5) is 0 Å². The van der Waals surface area contributed by atoms with E-state index in [1.54, 1.807) is 17.8 Å². The largest absolute Gasteiger partial charge is 0.322 e. The van der Waals surface area contributed by atoms with Gasteiger partial charge in [-0.25, -0.2) is 0 Å². The number of carbonyl (C=O) groups is 1. The van der Waals surface area contributed by atoms with Crippen LogP contribution in [0.15, 0.2) is 46.9 Å². The minimum atomic E-state index is -0.0729. The molecule has 1 aliphatic heterocycles. The van der Waals surface area contributed by atoms with Crippen molar-refractivity contribution in [3.8, 4) is 0 Å². The maximum atomic E-state index is 12.8. The Morgan fingerprint density at radius 1 is 1.23 bits per heavy atom. The van der Waals surface area contributed by atoms with E-state index in [0.717, 1.165) is 15.8 Å². The molecule has 0 saturated carbocycles.